The highest BCUT2D eigenvalue weighted by Crippen LogP contribution is 2.51. The molecule has 28 heavy (non-hydrogen) atoms. The number of rotatable bonds is 3. The van der Waals surface area contributed by atoms with Gasteiger partial charge in [0.25, 0.3) is 0 Å². The number of amides is 1. The van der Waals surface area contributed by atoms with Crippen molar-refractivity contribution in [1.29, 1.82) is 0 Å². The van der Waals surface area contributed by atoms with Gasteiger partial charge in [0.05, 0.1) is 19.1 Å². The number of benzene rings is 2. The third-order valence-corrected chi connectivity index (χ3v) is 6.88. The van der Waals surface area contributed by atoms with Crippen LogP contribution in [0.5, 0.6) is 5.75 Å². The van der Waals surface area contributed by atoms with Gasteiger partial charge in [-0.15, -0.1) is 0 Å². The maximum atomic E-state index is 13.4. The molecule has 0 radical (unpaired) electrons. The zero-order valence-electron chi connectivity index (χ0n) is 16.4. The lowest BCUT2D eigenvalue weighted by molar-refractivity contribution is -0.143. The summed E-state index contributed by atoms with van der Waals surface area (Å²) in [5, 5.41) is 0. The molecule has 1 aliphatic carbocycles. The minimum atomic E-state index is -0.319. The summed E-state index contributed by atoms with van der Waals surface area (Å²) in [4.78, 5) is 15.5. The van der Waals surface area contributed by atoms with Gasteiger partial charge in [0, 0.05) is 18.7 Å². The maximum absolute atomic E-state index is 13.4. The van der Waals surface area contributed by atoms with E-state index in [2.05, 4.69) is 29.2 Å². The molecule has 2 aromatic rings. The lowest BCUT2D eigenvalue weighted by atomic mass is 9.78. The highest BCUT2D eigenvalue weighted by molar-refractivity contribution is 5.91. The predicted molar refractivity (Wildman–Crippen MR) is 107 cm³/mol. The van der Waals surface area contributed by atoms with Crippen molar-refractivity contribution in [2.24, 2.45) is 0 Å². The number of carbonyl (C=O) groups is 1. The molecule has 1 saturated carbocycles. The van der Waals surface area contributed by atoms with Gasteiger partial charge in [-0.3, -0.25) is 4.79 Å². The molecule has 0 unspecified atom stereocenters. The Kier molecular flexibility index (Phi) is 4.20. The Morgan fingerprint density at radius 3 is 2.43 bits per heavy atom. The van der Waals surface area contributed by atoms with Crippen LogP contribution in [-0.2, 0) is 27.0 Å². The first kappa shape index (κ1) is 17.7. The average Bonchev–Trinajstić information content (AvgIpc) is 3.56. The van der Waals surface area contributed by atoms with E-state index >= 15 is 0 Å². The van der Waals surface area contributed by atoms with E-state index < -0.39 is 0 Å². The average molecular weight is 377 g/mol. The van der Waals surface area contributed by atoms with Crippen LogP contribution in [0.25, 0.3) is 0 Å². The minimum absolute atomic E-state index is 0.283. The van der Waals surface area contributed by atoms with Gasteiger partial charge in [-0.05, 0) is 49.3 Å². The second kappa shape index (κ2) is 6.63. The number of fused-ring (bicyclic) bond motifs is 2. The number of carbonyl (C=O) groups excluding carboxylic acids is 1. The molecule has 4 heteroatoms. The van der Waals surface area contributed by atoms with Gasteiger partial charge in [0.1, 0.15) is 11.4 Å². The molecule has 2 heterocycles. The Bertz CT molecular complexity index is 866. The van der Waals surface area contributed by atoms with Crippen LogP contribution in [0.3, 0.4) is 0 Å². The van der Waals surface area contributed by atoms with Gasteiger partial charge in [-0.25, -0.2) is 0 Å². The molecular weight excluding hydrogens is 350 g/mol. The number of hydrogen-bond donors (Lipinski definition) is 0. The van der Waals surface area contributed by atoms with E-state index in [1.54, 1.807) is 7.11 Å². The van der Waals surface area contributed by atoms with Crippen molar-refractivity contribution >= 4 is 5.91 Å². The Labute approximate surface area is 166 Å². The number of likely N-dealkylation sites (tertiary alicyclic amines) is 1. The first-order chi connectivity index (χ1) is 13.7. The summed E-state index contributed by atoms with van der Waals surface area (Å²) < 4.78 is 12.0. The van der Waals surface area contributed by atoms with Gasteiger partial charge in [-0.1, -0.05) is 42.5 Å². The van der Waals surface area contributed by atoms with Crippen LogP contribution in [-0.4, -0.2) is 37.6 Å². The van der Waals surface area contributed by atoms with Crippen LogP contribution in [0.4, 0.5) is 0 Å². The number of piperidine rings is 1. The van der Waals surface area contributed by atoms with Crippen molar-refractivity contribution in [1.82, 2.24) is 4.90 Å². The van der Waals surface area contributed by atoms with Gasteiger partial charge < -0.3 is 14.4 Å². The monoisotopic (exact) mass is 377 g/mol. The molecule has 0 atom stereocenters. The van der Waals surface area contributed by atoms with E-state index in [4.69, 9.17) is 9.47 Å². The number of nitrogens with zero attached hydrogens (tertiary/aromatic N) is 1. The zero-order chi connectivity index (χ0) is 19.2. The van der Waals surface area contributed by atoms with Crippen LogP contribution >= 0.6 is 0 Å². The van der Waals surface area contributed by atoms with Crippen LogP contribution in [0.15, 0.2) is 48.5 Å². The van der Waals surface area contributed by atoms with E-state index in [-0.39, 0.29) is 11.0 Å². The fourth-order valence-electron chi connectivity index (χ4n) is 5.18. The summed E-state index contributed by atoms with van der Waals surface area (Å²) >= 11 is 0. The van der Waals surface area contributed by atoms with Gasteiger partial charge in [0.15, 0.2) is 0 Å². The smallest absolute Gasteiger partial charge is 0.233 e. The van der Waals surface area contributed by atoms with Crippen molar-refractivity contribution in [2.45, 2.75) is 43.1 Å². The molecule has 0 N–H and O–H groups in total. The van der Waals surface area contributed by atoms with E-state index in [1.807, 2.05) is 24.3 Å². The largest absolute Gasteiger partial charge is 0.496 e. The molecule has 4 nitrogen and oxygen atoms in total. The van der Waals surface area contributed by atoms with Crippen LogP contribution < -0.4 is 4.74 Å². The standard InChI is InChI=1S/C24H27NO3/c1-27-20-9-5-6-18-10-17-28-24(21(18)20)13-15-25(16-14-24)22(26)23(11-12-23)19-7-3-2-4-8-19/h2-9H,10-17H2,1H3. The van der Waals surface area contributed by atoms with Crippen molar-refractivity contribution in [3.63, 3.8) is 0 Å². The fourth-order valence-corrected chi connectivity index (χ4v) is 5.18. The number of ether oxygens (including phenoxy) is 2. The molecule has 3 aliphatic rings. The Hall–Kier alpha value is -2.33. The normalized spacial score (nSPS) is 21.8. The van der Waals surface area contributed by atoms with Crippen LogP contribution in [0, 0.1) is 0 Å². The number of hydrogen-bond acceptors (Lipinski definition) is 3. The van der Waals surface area contributed by atoms with Gasteiger partial charge in [-0.2, -0.15) is 0 Å². The molecule has 1 saturated heterocycles. The summed E-state index contributed by atoms with van der Waals surface area (Å²) in [6.07, 6.45) is 4.51. The summed E-state index contributed by atoms with van der Waals surface area (Å²) in [6.45, 7) is 2.22. The van der Waals surface area contributed by atoms with Crippen molar-refractivity contribution in [2.75, 3.05) is 26.8 Å². The molecule has 146 valence electrons. The second-order valence-corrected chi connectivity index (χ2v) is 8.33. The maximum Gasteiger partial charge on any atom is 0.233 e. The van der Waals surface area contributed by atoms with Crippen molar-refractivity contribution in [3.8, 4) is 5.75 Å². The van der Waals surface area contributed by atoms with Crippen molar-refractivity contribution in [3.05, 3.63) is 65.2 Å². The molecule has 5 rings (SSSR count). The minimum Gasteiger partial charge on any atom is -0.496 e. The van der Waals surface area contributed by atoms with E-state index in [1.165, 1.54) is 16.7 Å². The summed E-state index contributed by atoms with van der Waals surface area (Å²) in [7, 11) is 1.73. The van der Waals surface area contributed by atoms with Gasteiger partial charge >= 0.3 is 0 Å². The number of methoxy groups -OCH3 is 1. The third-order valence-electron chi connectivity index (χ3n) is 6.88. The molecule has 2 aromatic carbocycles. The molecule has 1 spiro atoms. The van der Waals surface area contributed by atoms with Gasteiger partial charge in [0.2, 0.25) is 5.91 Å². The topological polar surface area (TPSA) is 38.8 Å². The van der Waals surface area contributed by atoms with Crippen molar-refractivity contribution < 1.29 is 14.3 Å². The van der Waals surface area contributed by atoms with E-state index in [0.29, 0.717) is 5.91 Å². The first-order valence-corrected chi connectivity index (χ1v) is 10.3. The lowest BCUT2D eigenvalue weighted by Crippen LogP contribution is -2.50. The zero-order valence-corrected chi connectivity index (χ0v) is 16.4. The Morgan fingerprint density at radius 2 is 1.75 bits per heavy atom. The van der Waals surface area contributed by atoms with E-state index in [0.717, 1.165) is 57.6 Å². The predicted octanol–water partition coefficient (Wildman–Crippen LogP) is 3.82. The molecule has 2 aliphatic heterocycles. The molecular formula is C24H27NO3. The summed E-state index contributed by atoms with van der Waals surface area (Å²) in [5.74, 6) is 1.21. The van der Waals surface area contributed by atoms with E-state index in [9.17, 15) is 4.79 Å². The summed E-state index contributed by atoms with van der Waals surface area (Å²) in [5.41, 5.74) is 3.10. The fraction of sp³-hybridized carbons (Fsp3) is 0.458. The molecule has 2 fully saturated rings. The van der Waals surface area contributed by atoms with Crippen LogP contribution in [0.1, 0.15) is 42.4 Å². The Morgan fingerprint density at radius 1 is 1.00 bits per heavy atom. The summed E-state index contributed by atoms with van der Waals surface area (Å²) in [6, 6.07) is 16.6. The highest BCUT2D eigenvalue weighted by atomic mass is 16.5. The molecule has 1 amide bonds. The lowest BCUT2D eigenvalue weighted by Gasteiger charge is -2.46. The Balaban J connectivity index is 1.38. The molecule has 0 aromatic heterocycles. The first-order valence-electron chi connectivity index (χ1n) is 10.3. The second-order valence-electron chi connectivity index (χ2n) is 8.33. The quantitative estimate of drug-likeness (QED) is 0.816. The molecule has 0 bridgehead atoms. The third kappa shape index (κ3) is 2.66. The SMILES string of the molecule is COc1cccc2c1C1(CCN(C(=O)C3(c4ccccc4)CC3)CC1)OCC2. The highest BCUT2D eigenvalue weighted by Gasteiger charge is 2.54. The van der Waals surface area contributed by atoms with Crippen LogP contribution in [0.2, 0.25) is 0 Å².